The van der Waals surface area contributed by atoms with Crippen molar-refractivity contribution in [1.82, 2.24) is 19.5 Å². The number of nitrogen functional groups attached to an aromatic ring is 1. The SMILES string of the molecule is CCOP(=O)(COCCn1cnc2c(NC3CC3)nc(N)nc21)OCC. The fraction of sp³-hybridized carbons (Fsp3) is 0.667. The molecule has 26 heavy (non-hydrogen) atoms. The average Bonchev–Trinajstić information content (AvgIpc) is 3.31. The van der Waals surface area contributed by atoms with E-state index in [2.05, 4.69) is 20.3 Å². The molecule has 0 atom stereocenters. The lowest BCUT2D eigenvalue weighted by atomic mass is 10.4. The molecule has 2 heterocycles. The minimum atomic E-state index is -3.20. The second kappa shape index (κ2) is 8.30. The van der Waals surface area contributed by atoms with Crippen LogP contribution < -0.4 is 11.1 Å². The monoisotopic (exact) mass is 384 g/mol. The van der Waals surface area contributed by atoms with E-state index in [1.54, 1.807) is 20.2 Å². The van der Waals surface area contributed by atoms with Crippen molar-refractivity contribution >= 4 is 30.5 Å². The fourth-order valence-electron chi connectivity index (χ4n) is 2.49. The molecule has 1 aliphatic rings. The lowest BCUT2D eigenvalue weighted by molar-refractivity contribution is 0.127. The molecule has 2 aromatic rings. The summed E-state index contributed by atoms with van der Waals surface area (Å²) in [5.74, 6) is 0.854. The highest BCUT2D eigenvalue weighted by atomic mass is 31.2. The third-order valence-electron chi connectivity index (χ3n) is 3.78. The molecule has 11 heteroatoms. The Hall–Kier alpha value is -1.74. The molecule has 0 saturated heterocycles. The van der Waals surface area contributed by atoms with Crippen LogP contribution in [0.2, 0.25) is 0 Å². The van der Waals surface area contributed by atoms with E-state index in [1.165, 1.54) is 0 Å². The third kappa shape index (κ3) is 4.70. The van der Waals surface area contributed by atoms with E-state index in [0.717, 1.165) is 12.8 Å². The van der Waals surface area contributed by atoms with Gasteiger partial charge in [0.1, 0.15) is 6.35 Å². The molecule has 10 nitrogen and oxygen atoms in total. The van der Waals surface area contributed by atoms with Gasteiger partial charge in [-0.05, 0) is 26.7 Å². The number of fused-ring (bicyclic) bond motifs is 1. The van der Waals surface area contributed by atoms with E-state index in [9.17, 15) is 4.57 Å². The number of nitrogens with two attached hydrogens (primary N) is 1. The number of rotatable bonds is 11. The van der Waals surface area contributed by atoms with E-state index in [-0.39, 0.29) is 12.3 Å². The molecule has 1 saturated carbocycles. The number of anilines is 2. The van der Waals surface area contributed by atoms with Crippen LogP contribution in [0.25, 0.3) is 11.2 Å². The van der Waals surface area contributed by atoms with Gasteiger partial charge in [0.2, 0.25) is 5.95 Å². The standard InChI is InChI=1S/C15H25N6O4P/c1-3-24-26(22,25-4-2)10-23-8-7-21-9-17-12-13(18-11-5-6-11)19-15(16)20-14(12)21/h9,11H,3-8,10H2,1-2H3,(H3,16,18,19,20). The van der Waals surface area contributed by atoms with Gasteiger partial charge in [-0.2, -0.15) is 9.97 Å². The van der Waals surface area contributed by atoms with Crippen molar-refractivity contribution in [3.63, 3.8) is 0 Å². The van der Waals surface area contributed by atoms with Crippen molar-refractivity contribution in [2.24, 2.45) is 0 Å². The Labute approximate surface area is 152 Å². The molecule has 1 aliphatic carbocycles. The predicted molar refractivity (Wildman–Crippen MR) is 98.1 cm³/mol. The van der Waals surface area contributed by atoms with Crippen molar-refractivity contribution in [2.45, 2.75) is 39.3 Å². The smallest absolute Gasteiger partial charge is 0.356 e. The number of ether oxygens (including phenoxy) is 1. The van der Waals surface area contributed by atoms with Gasteiger partial charge < -0.3 is 29.4 Å². The predicted octanol–water partition coefficient (Wildman–Crippen LogP) is 2.22. The third-order valence-corrected chi connectivity index (χ3v) is 5.58. The summed E-state index contributed by atoms with van der Waals surface area (Å²) < 4.78 is 30.1. The van der Waals surface area contributed by atoms with Crippen LogP contribution in [-0.4, -0.2) is 51.7 Å². The Morgan fingerprint density at radius 2 is 2.04 bits per heavy atom. The summed E-state index contributed by atoms with van der Waals surface area (Å²) in [6.45, 7) is 4.93. The fourth-order valence-corrected chi connectivity index (χ4v) is 3.85. The lowest BCUT2D eigenvalue weighted by Crippen LogP contribution is -2.10. The second-order valence-electron chi connectivity index (χ2n) is 5.94. The van der Waals surface area contributed by atoms with Crippen LogP contribution in [0.1, 0.15) is 26.7 Å². The normalized spacial score (nSPS) is 14.8. The first-order valence-electron chi connectivity index (χ1n) is 8.75. The Kier molecular flexibility index (Phi) is 6.08. The first kappa shape index (κ1) is 19.0. The number of nitrogens with zero attached hydrogens (tertiary/aromatic N) is 4. The number of hydrogen-bond donors (Lipinski definition) is 2. The van der Waals surface area contributed by atoms with E-state index < -0.39 is 7.60 Å². The molecule has 0 aromatic carbocycles. The van der Waals surface area contributed by atoms with Crippen molar-refractivity contribution in [3.8, 4) is 0 Å². The highest BCUT2D eigenvalue weighted by molar-refractivity contribution is 7.53. The van der Waals surface area contributed by atoms with Gasteiger partial charge in [-0.25, -0.2) is 4.98 Å². The summed E-state index contributed by atoms with van der Waals surface area (Å²) in [6, 6.07) is 0.437. The zero-order chi connectivity index (χ0) is 18.6. The summed E-state index contributed by atoms with van der Waals surface area (Å²) in [7, 11) is -3.20. The molecule has 0 unspecified atom stereocenters. The van der Waals surface area contributed by atoms with Crippen molar-refractivity contribution in [3.05, 3.63) is 6.33 Å². The van der Waals surface area contributed by atoms with Crippen molar-refractivity contribution in [1.29, 1.82) is 0 Å². The Balaban J connectivity index is 1.62. The van der Waals surface area contributed by atoms with Gasteiger partial charge in [-0.1, -0.05) is 0 Å². The number of aromatic nitrogens is 4. The Morgan fingerprint density at radius 1 is 1.31 bits per heavy atom. The van der Waals surface area contributed by atoms with Gasteiger partial charge in [-0.15, -0.1) is 0 Å². The molecule has 0 bridgehead atoms. The minimum Gasteiger partial charge on any atom is -0.368 e. The summed E-state index contributed by atoms with van der Waals surface area (Å²) in [5.41, 5.74) is 7.14. The first-order valence-corrected chi connectivity index (χ1v) is 10.5. The maximum atomic E-state index is 12.4. The topological polar surface area (TPSA) is 126 Å². The minimum absolute atomic E-state index is 0.0904. The second-order valence-corrected chi connectivity index (χ2v) is 7.94. The summed E-state index contributed by atoms with van der Waals surface area (Å²) in [5, 5.41) is 3.32. The molecule has 0 amide bonds. The van der Waals surface area contributed by atoms with E-state index in [0.29, 0.717) is 49.4 Å². The highest BCUT2D eigenvalue weighted by Gasteiger charge is 2.25. The van der Waals surface area contributed by atoms with Gasteiger partial charge in [-0.3, -0.25) is 4.57 Å². The van der Waals surface area contributed by atoms with E-state index >= 15 is 0 Å². The van der Waals surface area contributed by atoms with Crippen LogP contribution >= 0.6 is 7.60 Å². The van der Waals surface area contributed by atoms with Crippen LogP contribution in [0.15, 0.2) is 6.33 Å². The zero-order valence-corrected chi connectivity index (χ0v) is 15.9. The quantitative estimate of drug-likeness (QED) is 0.443. The number of nitrogens with one attached hydrogen (secondary N) is 1. The molecular weight excluding hydrogens is 359 g/mol. The molecule has 3 rings (SSSR count). The van der Waals surface area contributed by atoms with Crippen LogP contribution in [0.5, 0.6) is 0 Å². The van der Waals surface area contributed by atoms with Crippen molar-refractivity contribution in [2.75, 3.05) is 37.2 Å². The molecule has 0 radical (unpaired) electrons. The van der Waals surface area contributed by atoms with Crippen LogP contribution in [-0.2, 0) is 24.9 Å². The first-order chi connectivity index (χ1) is 12.5. The maximum absolute atomic E-state index is 12.4. The molecule has 0 spiro atoms. The van der Waals surface area contributed by atoms with E-state index in [4.69, 9.17) is 19.5 Å². The van der Waals surface area contributed by atoms with Gasteiger partial charge in [0.25, 0.3) is 0 Å². The van der Waals surface area contributed by atoms with Gasteiger partial charge in [0.15, 0.2) is 17.0 Å². The van der Waals surface area contributed by atoms with Gasteiger partial charge in [0, 0.05) is 12.6 Å². The number of imidazole rings is 1. The highest BCUT2D eigenvalue weighted by Crippen LogP contribution is 2.47. The maximum Gasteiger partial charge on any atom is 0.356 e. The molecular formula is C15H25N6O4P. The number of hydrogen-bond acceptors (Lipinski definition) is 9. The molecule has 144 valence electrons. The van der Waals surface area contributed by atoms with Gasteiger partial charge >= 0.3 is 7.60 Å². The van der Waals surface area contributed by atoms with Gasteiger partial charge in [0.05, 0.1) is 26.1 Å². The van der Waals surface area contributed by atoms with Crippen LogP contribution in [0.3, 0.4) is 0 Å². The average molecular weight is 384 g/mol. The zero-order valence-electron chi connectivity index (χ0n) is 15.1. The Morgan fingerprint density at radius 3 is 2.69 bits per heavy atom. The molecule has 1 fully saturated rings. The molecule has 2 aromatic heterocycles. The summed E-state index contributed by atoms with van der Waals surface area (Å²) in [4.78, 5) is 12.9. The largest absolute Gasteiger partial charge is 0.368 e. The van der Waals surface area contributed by atoms with Crippen LogP contribution in [0.4, 0.5) is 11.8 Å². The molecule has 3 N–H and O–H groups in total. The van der Waals surface area contributed by atoms with Crippen LogP contribution in [0, 0.1) is 0 Å². The Bertz CT molecular complexity index is 784. The summed E-state index contributed by atoms with van der Waals surface area (Å²) in [6.07, 6.45) is 3.83. The van der Waals surface area contributed by atoms with Crippen molar-refractivity contribution < 1.29 is 18.3 Å². The van der Waals surface area contributed by atoms with E-state index in [1.807, 2.05) is 4.57 Å². The summed E-state index contributed by atoms with van der Waals surface area (Å²) >= 11 is 0. The molecule has 0 aliphatic heterocycles. The lowest BCUT2D eigenvalue weighted by Gasteiger charge is -2.16.